The highest BCUT2D eigenvalue weighted by molar-refractivity contribution is 7.88. The summed E-state index contributed by atoms with van der Waals surface area (Å²) in [5.41, 5.74) is 2.82. The lowest BCUT2D eigenvalue weighted by Gasteiger charge is -2.32. The molecule has 2 atom stereocenters. The summed E-state index contributed by atoms with van der Waals surface area (Å²) in [6.45, 7) is 6.36. The number of benzene rings is 2. The zero-order valence-electron chi connectivity index (χ0n) is 18.8. The Kier molecular flexibility index (Phi) is 7.38. The molecule has 1 N–H and O–H groups in total. The zero-order valence-corrected chi connectivity index (χ0v) is 19.6. The van der Waals surface area contributed by atoms with E-state index in [2.05, 4.69) is 29.3 Å². The fourth-order valence-electron chi connectivity index (χ4n) is 3.97. The molecule has 0 bridgehead atoms. The summed E-state index contributed by atoms with van der Waals surface area (Å²) in [7, 11) is -2.11. The molecule has 0 radical (unpaired) electrons. The van der Waals surface area contributed by atoms with E-state index in [1.54, 1.807) is 24.3 Å². The maximum Gasteiger partial charge on any atom is 0.243 e. The van der Waals surface area contributed by atoms with Crippen LogP contribution in [0.3, 0.4) is 0 Å². The van der Waals surface area contributed by atoms with Crippen LogP contribution in [-0.4, -0.2) is 45.0 Å². The van der Waals surface area contributed by atoms with Crippen molar-refractivity contribution in [1.82, 2.24) is 9.62 Å². The van der Waals surface area contributed by atoms with Crippen LogP contribution in [0.5, 0.6) is 0 Å². The first-order chi connectivity index (χ1) is 14.7. The van der Waals surface area contributed by atoms with Gasteiger partial charge in [0.05, 0.1) is 12.3 Å². The molecule has 1 saturated heterocycles. The van der Waals surface area contributed by atoms with Crippen molar-refractivity contribution in [3.05, 3.63) is 65.7 Å². The van der Waals surface area contributed by atoms with Crippen molar-refractivity contribution in [3.8, 4) is 0 Å². The summed E-state index contributed by atoms with van der Waals surface area (Å²) in [5, 5.41) is 2.99. The van der Waals surface area contributed by atoms with Crippen LogP contribution in [0.2, 0.25) is 0 Å². The molecule has 1 aliphatic heterocycles. The first-order valence-electron chi connectivity index (χ1n) is 10.8. The summed E-state index contributed by atoms with van der Waals surface area (Å²) in [6, 6.07) is 16.1. The highest BCUT2D eigenvalue weighted by Crippen LogP contribution is 2.26. The van der Waals surface area contributed by atoms with E-state index in [0.29, 0.717) is 5.56 Å². The van der Waals surface area contributed by atoms with E-state index in [0.717, 1.165) is 35.1 Å². The third-order valence-electron chi connectivity index (χ3n) is 6.15. The van der Waals surface area contributed by atoms with Crippen LogP contribution in [0.1, 0.15) is 49.9 Å². The zero-order chi connectivity index (χ0) is 22.6. The summed E-state index contributed by atoms with van der Waals surface area (Å²) in [5.74, 6) is 0.439. The first kappa shape index (κ1) is 23.3. The van der Waals surface area contributed by atoms with Gasteiger partial charge in [-0.05, 0) is 48.9 Å². The van der Waals surface area contributed by atoms with Gasteiger partial charge in [-0.3, -0.25) is 4.79 Å². The normalized spacial score (nSPS) is 17.4. The molecule has 1 fully saturated rings. The SMILES string of the molecule is CC1CCN(c2ccc([C@H](C)NC(=O)[C@@H](c3ccccc3)N(C)S(C)(=O)=O)cc2)CC1. The number of amides is 1. The Hall–Kier alpha value is -2.38. The topological polar surface area (TPSA) is 69.7 Å². The lowest BCUT2D eigenvalue weighted by Crippen LogP contribution is -2.42. The molecule has 2 aromatic carbocycles. The maximum absolute atomic E-state index is 13.1. The number of carbonyl (C=O) groups excluding carboxylic acids is 1. The van der Waals surface area contributed by atoms with Gasteiger partial charge in [-0.2, -0.15) is 4.31 Å². The van der Waals surface area contributed by atoms with Crippen LogP contribution < -0.4 is 10.2 Å². The first-order valence-corrected chi connectivity index (χ1v) is 12.6. The van der Waals surface area contributed by atoms with Crippen LogP contribution in [0.4, 0.5) is 5.69 Å². The molecule has 0 spiro atoms. The van der Waals surface area contributed by atoms with Crippen molar-refractivity contribution in [2.45, 2.75) is 38.8 Å². The molecule has 3 rings (SSSR count). The highest BCUT2D eigenvalue weighted by Gasteiger charge is 2.31. The lowest BCUT2D eigenvalue weighted by molar-refractivity contribution is -0.125. The van der Waals surface area contributed by atoms with Gasteiger partial charge < -0.3 is 10.2 Å². The Morgan fingerprint density at radius 2 is 1.61 bits per heavy atom. The molecular weight excluding hydrogens is 410 g/mol. The summed E-state index contributed by atoms with van der Waals surface area (Å²) in [4.78, 5) is 15.5. The second-order valence-corrected chi connectivity index (χ2v) is 10.6. The molecule has 0 unspecified atom stereocenters. The number of carbonyl (C=O) groups is 1. The van der Waals surface area contributed by atoms with Crippen LogP contribution in [-0.2, 0) is 14.8 Å². The van der Waals surface area contributed by atoms with Gasteiger partial charge in [-0.1, -0.05) is 49.4 Å². The predicted molar refractivity (Wildman–Crippen MR) is 125 cm³/mol. The number of nitrogens with one attached hydrogen (secondary N) is 1. The van der Waals surface area contributed by atoms with E-state index < -0.39 is 16.1 Å². The highest BCUT2D eigenvalue weighted by atomic mass is 32.2. The minimum atomic E-state index is -3.55. The van der Waals surface area contributed by atoms with Crippen LogP contribution in [0.25, 0.3) is 0 Å². The molecule has 1 amide bonds. The summed E-state index contributed by atoms with van der Waals surface area (Å²) in [6.07, 6.45) is 3.53. The Balaban J connectivity index is 1.73. The number of nitrogens with zero attached hydrogens (tertiary/aromatic N) is 2. The van der Waals surface area contributed by atoms with Crippen molar-refractivity contribution in [3.63, 3.8) is 0 Å². The maximum atomic E-state index is 13.1. The number of anilines is 1. The molecule has 0 aromatic heterocycles. The average Bonchev–Trinajstić information content (AvgIpc) is 2.74. The van der Waals surface area contributed by atoms with Crippen LogP contribution in [0, 0.1) is 5.92 Å². The average molecular weight is 444 g/mol. The van der Waals surface area contributed by atoms with Gasteiger partial charge >= 0.3 is 0 Å². The van der Waals surface area contributed by atoms with Gasteiger partial charge in [-0.15, -0.1) is 0 Å². The van der Waals surface area contributed by atoms with E-state index in [1.807, 2.05) is 25.1 Å². The molecule has 6 nitrogen and oxygen atoms in total. The van der Waals surface area contributed by atoms with E-state index >= 15 is 0 Å². The largest absolute Gasteiger partial charge is 0.372 e. The molecule has 2 aromatic rings. The number of piperidine rings is 1. The predicted octanol–water partition coefficient (Wildman–Crippen LogP) is 3.73. The number of rotatable bonds is 7. The van der Waals surface area contributed by atoms with Gasteiger partial charge in [0, 0.05) is 25.8 Å². The number of hydrogen-bond donors (Lipinski definition) is 1. The number of likely N-dealkylation sites (N-methyl/N-ethyl adjacent to an activating group) is 1. The number of hydrogen-bond acceptors (Lipinski definition) is 4. The van der Waals surface area contributed by atoms with Crippen molar-refractivity contribution in [2.24, 2.45) is 5.92 Å². The quantitative estimate of drug-likeness (QED) is 0.708. The fraction of sp³-hybridized carbons (Fsp3) is 0.458. The molecule has 0 aliphatic carbocycles. The lowest BCUT2D eigenvalue weighted by atomic mass is 9.98. The van der Waals surface area contributed by atoms with E-state index in [4.69, 9.17) is 0 Å². The molecule has 1 heterocycles. The Bertz CT molecular complexity index is 969. The Morgan fingerprint density at radius 1 is 1.03 bits per heavy atom. The standard InChI is InChI=1S/C24H33N3O3S/c1-18-14-16-27(17-15-18)22-12-10-20(11-13-22)19(2)25-24(28)23(26(3)31(4,29)30)21-8-6-5-7-9-21/h5-13,18-19,23H,14-17H2,1-4H3,(H,25,28)/t19-,23+/m0/s1. The van der Waals surface area contributed by atoms with Crippen molar-refractivity contribution in [1.29, 1.82) is 0 Å². The van der Waals surface area contributed by atoms with Crippen molar-refractivity contribution in [2.75, 3.05) is 31.3 Å². The van der Waals surface area contributed by atoms with Gasteiger partial charge in [0.2, 0.25) is 15.9 Å². The third-order valence-corrected chi connectivity index (χ3v) is 7.41. The second kappa shape index (κ2) is 9.83. The van der Waals surface area contributed by atoms with Crippen molar-refractivity contribution < 1.29 is 13.2 Å². The van der Waals surface area contributed by atoms with E-state index in [-0.39, 0.29) is 11.9 Å². The number of sulfonamides is 1. The van der Waals surface area contributed by atoms with Crippen LogP contribution in [0.15, 0.2) is 54.6 Å². The molecular formula is C24H33N3O3S. The Morgan fingerprint density at radius 3 is 2.16 bits per heavy atom. The third kappa shape index (κ3) is 5.86. The van der Waals surface area contributed by atoms with E-state index in [9.17, 15) is 13.2 Å². The van der Waals surface area contributed by atoms with Crippen molar-refractivity contribution >= 4 is 21.6 Å². The molecule has 168 valence electrons. The molecule has 7 heteroatoms. The second-order valence-electron chi connectivity index (χ2n) is 8.58. The Labute approximate surface area is 186 Å². The van der Waals surface area contributed by atoms with Gasteiger partial charge in [0.15, 0.2) is 0 Å². The molecule has 31 heavy (non-hydrogen) atoms. The minimum absolute atomic E-state index is 0.248. The van der Waals surface area contributed by atoms with Gasteiger partial charge in [0.1, 0.15) is 6.04 Å². The molecule has 1 aliphatic rings. The van der Waals surface area contributed by atoms with Gasteiger partial charge in [-0.25, -0.2) is 8.42 Å². The fourth-order valence-corrected chi connectivity index (χ4v) is 4.57. The van der Waals surface area contributed by atoms with Crippen LogP contribution >= 0.6 is 0 Å². The van der Waals surface area contributed by atoms with E-state index in [1.165, 1.54) is 25.6 Å². The minimum Gasteiger partial charge on any atom is -0.372 e. The smallest absolute Gasteiger partial charge is 0.243 e. The summed E-state index contributed by atoms with van der Waals surface area (Å²) < 4.78 is 25.4. The summed E-state index contributed by atoms with van der Waals surface area (Å²) >= 11 is 0. The molecule has 0 saturated carbocycles. The van der Waals surface area contributed by atoms with Gasteiger partial charge in [0.25, 0.3) is 0 Å². The monoisotopic (exact) mass is 443 g/mol.